The van der Waals surface area contributed by atoms with E-state index in [9.17, 15) is 26.0 Å². The van der Waals surface area contributed by atoms with E-state index in [2.05, 4.69) is 4.72 Å². The van der Waals surface area contributed by atoms with E-state index in [-0.39, 0.29) is 11.6 Å². The van der Waals surface area contributed by atoms with Crippen LogP contribution in [-0.4, -0.2) is 8.42 Å². The average Bonchev–Trinajstić information content (AvgIpc) is 2.44. The van der Waals surface area contributed by atoms with E-state index >= 15 is 0 Å². The molecule has 0 bridgehead atoms. The standard InChI is InChI=1S/C14H10ClF4NO2S/c15-11-5-6-13(12(16)7-11)23(21,22)20-8-9-1-3-10(4-2-9)14(17,18)19/h1-7,20H,8H2. The van der Waals surface area contributed by atoms with Gasteiger partial charge >= 0.3 is 6.18 Å². The molecule has 9 heteroatoms. The highest BCUT2D eigenvalue weighted by molar-refractivity contribution is 7.89. The topological polar surface area (TPSA) is 46.2 Å². The van der Waals surface area contributed by atoms with Gasteiger partial charge in [0.05, 0.1) is 5.56 Å². The van der Waals surface area contributed by atoms with Crippen LogP contribution in [0.4, 0.5) is 17.6 Å². The summed E-state index contributed by atoms with van der Waals surface area (Å²) in [6.45, 7) is -0.275. The Morgan fingerprint density at radius 2 is 1.65 bits per heavy atom. The van der Waals surface area contributed by atoms with Gasteiger partial charge in [0.2, 0.25) is 10.0 Å². The predicted octanol–water partition coefficient (Wildman–Crippen LogP) is 3.98. The lowest BCUT2D eigenvalue weighted by Gasteiger charge is -2.10. The fourth-order valence-corrected chi connectivity index (χ4v) is 2.99. The second-order valence-corrected chi connectivity index (χ2v) is 6.77. The van der Waals surface area contributed by atoms with Crippen molar-refractivity contribution in [3.8, 4) is 0 Å². The van der Waals surface area contributed by atoms with E-state index in [1.165, 1.54) is 6.07 Å². The molecule has 0 saturated heterocycles. The van der Waals surface area contributed by atoms with E-state index in [0.717, 1.165) is 36.4 Å². The van der Waals surface area contributed by atoms with Gasteiger partial charge in [0.1, 0.15) is 10.7 Å². The van der Waals surface area contributed by atoms with E-state index in [0.29, 0.717) is 5.56 Å². The monoisotopic (exact) mass is 367 g/mol. The van der Waals surface area contributed by atoms with Crippen LogP contribution in [0.1, 0.15) is 11.1 Å². The zero-order chi connectivity index (χ0) is 17.3. The fourth-order valence-electron chi connectivity index (χ4n) is 1.76. The first kappa shape index (κ1) is 17.7. The summed E-state index contributed by atoms with van der Waals surface area (Å²) in [4.78, 5) is -0.589. The molecular formula is C14H10ClF4NO2S. The van der Waals surface area contributed by atoms with Gasteiger partial charge in [0, 0.05) is 11.6 Å². The number of hydrogen-bond acceptors (Lipinski definition) is 2. The average molecular weight is 368 g/mol. The lowest BCUT2D eigenvalue weighted by Crippen LogP contribution is -2.24. The van der Waals surface area contributed by atoms with Crippen LogP contribution in [0.15, 0.2) is 47.4 Å². The molecule has 2 aromatic carbocycles. The molecular weight excluding hydrogens is 358 g/mol. The molecule has 0 saturated carbocycles. The Morgan fingerprint density at radius 1 is 1.04 bits per heavy atom. The Kier molecular flexibility index (Phi) is 4.98. The highest BCUT2D eigenvalue weighted by Gasteiger charge is 2.30. The molecule has 124 valence electrons. The maximum Gasteiger partial charge on any atom is 0.416 e. The Morgan fingerprint density at radius 3 is 2.17 bits per heavy atom. The molecule has 0 aliphatic rings. The third-order valence-corrected chi connectivity index (χ3v) is 4.60. The first-order chi connectivity index (χ1) is 10.6. The SMILES string of the molecule is O=S(=O)(NCc1ccc(C(F)(F)F)cc1)c1ccc(Cl)cc1F. The maximum atomic E-state index is 13.6. The molecule has 0 aromatic heterocycles. The Hall–Kier alpha value is -1.64. The fraction of sp³-hybridized carbons (Fsp3) is 0.143. The molecule has 2 rings (SSSR count). The molecule has 2 aromatic rings. The van der Waals surface area contributed by atoms with Crippen LogP contribution in [0.5, 0.6) is 0 Å². The van der Waals surface area contributed by atoms with Crippen molar-refractivity contribution in [1.29, 1.82) is 0 Å². The molecule has 0 unspecified atom stereocenters. The summed E-state index contributed by atoms with van der Waals surface area (Å²) in [5.41, 5.74) is -0.538. The van der Waals surface area contributed by atoms with Gasteiger partial charge in [-0.3, -0.25) is 0 Å². The van der Waals surface area contributed by atoms with E-state index in [1.807, 2.05) is 0 Å². The molecule has 0 radical (unpaired) electrons. The van der Waals surface area contributed by atoms with Crippen molar-refractivity contribution < 1.29 is 26.0 Å². The van der Waals surface area contributed by atoms with Crippen molar-refractivity contribution in [2.45, 2.75) is 17.6 Å². The van der Waals surface area contributed by atoms with Crippen molar-refractivity contribution >= 4 is 21.6 Å². The van der Waals surface area contributed by atoms with Crippen LogP contribution in [0, 0.1) is 5.82 Å². The van der Waals surface area contributed by atoms with Crippen molar-refractivity contribution in [2.75, 3.05) is 0 Å². The predicted molar refractivity (Wildman–Crippen MR) is 76.9 cm³/mol. The molecule has 0 heterocycles. The number of nitrogens with one attached hydrogen (secondary N) is 1. The summed E-state index contributed by atoms with van der Waals surface area (Å²) in [7, 11) is -4.15. The van der Waals surface area contributed by atoms with Gasteiger partial charge in [-0.2, -0.15) is 13.2 Å². The van der Waals surface area contributed by atoms with Crippen molar-refractivity contribution in [3.05, 3.63) is 64.4 Å². The summed E-state index contributed by atoms with van der Waals surface area (Å²) >= 11 is 5.54. The zero-order valence-electron chi connectivity index (χ0n) is 11.4. The van der Waals surface area contributed by atoms with Crippen LogP contribution in [0.3, 0.4) is 0 Å². The summed E-state index contributed by atoms with van der Waals surface area (Å²) in [6, 6.07) is 7.05. The second kappa shape index (κ2) is 6.46. The van der Waals surface area contributed by atoms with Crippen LogP contribution >= 0.6 is 11.6 Å². The molecule has 3 nitrogen and oxygen atoms in total. The number of benzene rings is 2. The van der Waals surface area contributed by atoms with Crippen molar-refractivity contribution in [3.63, 3.8) is 0 Å². The molecule has 0 spiro atoms. The second-order valence-electron chi connectivity index (χ2n) is 4.59. The van der Waals surface area contributed by atoms with E-state index in [1.54, 1.807) is 0 Å². The minimum Gasteiger partial charge on any atom is -0.207 e. The van der Waals surface area contributed by atoms with Gasteiger partial charge in [0.15, 0.2) is 0 Å². The summed E-state index contributed by atoms with van der Waals surface area (Å²) in [5.74, 6) is -1.02. The van der Waals surface area contributed by atoms with Gasteiger partial charge in [-0.05, 0) is 35.9 Å². The van der Waals surface area contributed by atoms with Gasteiger partial charge in [-0.25, -0.2) is 17.5 Å². The van der Waals surface area contributed by atoms with Gasteiger partial charge in [-0.15, -0.1) is 0 Å². The highest BCUT2D eigenvalue weighted by atomic mass is 35.5. The first-order valence-electron chi connectivity index (χ1n) is 6.20. The minimum atomic E-state index is -4.47. The number of rotatable bonds is 4. The van der Waals surface area contributed by atoms with Crippen LogP contribution in [0.2, 0.25) is 5.02 Å². The highest BCUT2D eigenvalue weighted by Crippen LogP contribution is 2.29. The largest absolute Gasteiger partial charge is 0.416 e. The molecule has 0 aliphatic heterocycles. The molecule has 0 aliphatic carbocycles. The smallest absolute Gasteiger partial charge is 0.207 e. The molecule has 23 heavy (non-hydrogen) atoms. The Labute approximate surface area is 134 Å². The molecule has 1 N–H and O–H groups in total. The Bertz CT molecular complexity index is 805. The number of alkyl halides is 3. The summed E-state index contributed by atoms with van der Waals surface area (Å²) in [5, 5.41) is 0.0455. The minimum absolute atomic E-state index is 0.0455. The van der Waals surface area contributed by atoms with E-state index in [4.69, 9.17) is 11.6 Å². The third-order valence-electron chi connectivity index (χ3n) is 2.93. The Balaban J connectivity index is 2.13. The number of sulfonamides is 1. The lowest BCUT2D eigenvalue weighted by molar-refractivity contribution is -0.137. The lowest BCUT2D eigenvalue weighted by atomic mass is 10.1. The van der Waals surface area contributed by atoms with Crippen LogP contribution in [0.25, 0.3) is 0 Å². The van der Waals surface area contributed by atoms with Crippen LogP contribution in [-0.2, 0) is 22.7 Å². The quantitative estimate of drug-likeness (QED) is 0.831. The normalized spacial score (nSPS) is 12.4. The van der Waals surface area contributed by atoms with Crippen molar-refractivity contribution in [2.24, 2.45) is 0 Å². The number of halogens is 5. The zero-order valence-corrected chi connectivity index (χ0v) is 12.9. The summed E-state index contributed by atoms with van der Waals surface area (Å²) in [6.07, 6.45) is -4.47. The first-order valence-corrected chi connectivity index (χ1v) is 8.06. The number of hydrogen-bond donors (Lipinski definition) is 1. The van der Waals surface area contributed by atoms with Crippen molar-refractivity contribution in [1.82, 2.24) is 4.72 Å². The van der Waals surface area contributed by atoms with Gasteiger partial charge < -0.3 is 0 Å². The van der Waals surface area contributed by atoms with Gasteiger partial charge in [-0.1, -0.05) is 23.7 Å². The molecule has 0 fully saturated rings. The third kappa shape index (κ3) is 4.43. The van der Waals surface area contributed by atoms with Gasteiger partial charge in [0.25, 0.3) is 0 Å². The maximum absolute atomic E-state index is 13.6. The van der Waals surface area contributed by atoms with Crippen LogP contribution < -0.4 is 4.72 Å². The molecule has 0 amide bonds. The summed E-state index contributed by atoms with van der Waals surface area (Å²) < 4.78 is 77.0. The molecule has 0 atom stereocenters. The van der Waals surface area contributed by atoms with E-state index < -0.39 is 32.5 Å².